The standard InChI is InChI=1S/C7H6N2O/c1-5-2-6(3-8)7(10)9-4-5/h2,4,6H,1H3. The van der Waals surface area contributed by atoms with Crippen molar-refractivity contribution < 1.29 is 4.79 Å². The van der Waals surface area contributed by atoms with E-state index < -0.39 is 5.92 Å². The molecule has 1 amide bonds. The highest BCUT2D eigenvalue weighted by Gasteiger charge is 2.16. The third-order valence-corrected chi connectivity index (χ3v) is 1.23. The highest BCUT2D eigenvalue weighted by Crippen LogP contribution is 2.08. The molecular formula is C7H6N2O. The molecule has 1 heterocycles. The van der Waals surface area contributed by atoms with Crippen LogP contribution in [0.5, 0.6) is 0 Å². The molecule has 0 fully saturated rings. The van der Waals surface area contributed by atoms with E-state index in [1.807, 2.05) is 6.07 Å². The van der Waals surface area contributed by atoms with Gasteiger partial charge in [0.2, 0.25) is 0 Å². The van der Waals surface area contributed by atoms with Crippen molar-refractivity contribution in [3.8, 4) is 6.07 Å². The van der Waals surface area contributed by atoms with Crippen LogP contribution in [-0.2, 0) is 4.79 Å². The van der Waals surface area contributed by atoms with Crippen LogP contribution in [0.1, 0.15) is 6.92 Å². The molecule has 3 nitrogen and oxygen atoms in total. The maximum Gasteiger partial charge on any atom is 0.266 e. The van der Waals surface area contributed by atoms with Gasteiger partial charge in [0.15, 0.2) is 0 Å². The molecule has 50 valence electrons. The summed E-state index contributed by atoms with van der Waals surface area (Å²) in [5.41, 5.74) is 0.867. The Bertz CT molecular complexity index is 257. The monoisotopic (exact) mass is 134 g/mol. The molecule has 0 aromatic rings. The van der Waals surface area contributed by atoms with Crippen LogP contribution in [0.3, 0.4) is 0 Å². The van der Waals surface area contributed by atoms with E-state index in [0.29, 0.717) is 0 Å². The predicted molar refractivity (Wildman–Crippen MR) is 36.4 cm³/mol. The zero-order valence-corrected chi connectivity index (χ0v) is 5.53. The van der Waals surface area contributed by atoms with Crippen molar-refractivity contribution in [1.82, 2.24) is 0 Å². The van der Waals surface area contributed by atoms with Crippen LogP contribution in [0.25, 0.3) is 0 Å². The molecule has 10 heavy (non-hydrogen) atoms. The van der Waals surface area contributed by atoms with Gasteiger partial charge in [0, 0.05) is 6.21 Å². The highest BCUT2D eigenvalue weighted by molar-refractivity contribution is 5.98. The van der Waals surface area contributed by atoms with E-state index in [0.717, 1.165) is 5.57 Å². The Kier molecular flexibility index (Phi) is 1.63. The minimum absolute atomic E-state index is 0.367. The number of carbonyl (C=O) groups excluding carboxylic acids is 1. The first-order valence-electron chi connectivity index (χ1n) is 2.90. The Hall–Kier alpha value is -1.43. The zero-order valence-electron chi connectivity index (χ0n) is 5.53. The average Bonchev–Trinajstić information content (AvgIpc) is 1.94. The third kappa shape index (κ3) is 1.11. The van der Waals surface area contributed by atoms with E-state index in [4.69, 9.17) is 5.26 Å². The lowest BCUT2D eigenvalue weighted by Gasteiger charge is -2.03. The normalized spacial score (nSPS) is 23.8. The summed E-state index contributed by atoms with van der Waals surface area (Å²) in [6, 6.07) is 1.84. The molecule has 1 aliphatic heterocycles. The van der Waals surface area contributed by atoms with Crippen molar-refractivity contribution >= 4 is 12.1 Å². The maximum atomic E-state index is 10.7. The van der Waals surface area contributed by atoms with Crippen LogP contribution in [0, 0.1) is 17.2 Å². The average molecular weight is 134 g/mol. The number of rotatable bonds is 0. The summed E-state index contributed by atoms with van der Waals surface area (Å²) in [6.07, 6.45) is 3.07. The second-order valence-electron chi connectivity index (χ2n) is 2.11. The maximum absolute atomic E-state index is 10.7. The molecule has 1 aliphatic rings. The van der Waals surface area contributed by atoms with Crippen molar-refractivity contribution in [3.63, 3.8) is 0 Å². The van der Waals surface area contributed by atoms with E-state index >= 15 is 0 Å². The van der Waals surface area contributed by atoms with Crippen LogP contribution >= 0.6 is 0 Å². The summed E-state index contributed by atoms with van der Waals surface area (Å²) in [5.74, 6) is -1.03. The quantitative estimate of drug-likeness (QED) is 0.489. The first kappa shape index (κ1) is 6.69. The van der Waals surface area contributed by atoms with E-state index in [9.17, 15) is 4.79 Å². The summed E-state index contributed by atoms with van der Waals surface area (Å²) < 4.78 is 0. The number of allylic oxidation sites excluding steroid dienone is 1. The lowest BCUT2D eigenvalue weighted by atomic mass is 10.1. The largest absolute Gasteiger partial charge is 0.271 e. The SMILES string of the molecule is CC1=CC(C#N)C(=O)N=C1. The van der Waals surface area contributed by atoms with Gasteiger partial charge in [-0.2, -0.15) is 5.26 Å². The zero-order chi connectivity index (χ0) is 7.56. The van der Waals surface area contributed by atoms with Gasteiger partial charge in [-0.15, -0.1) is 0 Å². The molecule has 1 rings (SSSR count). The van der Waals surface area contributed by atoms with Gasteiger partial charge < -0.3 is 0 Å². The predicted octanol–water partition coefficient (Wildman–Crippen LogP) is 0.683. The van der Waals surface area contributed by atoms with Crippen molar-refractivity contribution in [3.05, 3.63) is 11.6 Å². The number of nitrogens with zero attached hydrogens (tertiary/aromatic N) is 2. The van der Waals surface area contributed by atoms with Crippen LogP contribution in [0.15, 0.2) is 16.6 Å². The topological polar surface area (TPSA) is 53.2 Å². The second kappa shape index (κ2) is 2.44. The molecule has 0 N–H and O–H groups in total. The van der Waals surface area contributed by atoms with Crippen molar-refractivity contribution in [2.45, 2.75) is 6.92 Å². The Balaban J connectivity index is 2.90. The second-order valence-corrected chi connectivity index (χ2v) is 2.11. The molecular weight excluding hydrogens is 128 g/mol. The molecule has 0 spiro atoms. The number of hydrogen-bond donors (Lipinski definition) is 0. The highest BCUT2D eigenvalue weighted by atomic mass is 16.1. The van der Waals surface area contributed by atoms with Gasteiger partial charge in [-0.05, 0) is 12.5 Å². The molecule has 0 saturated heterocycles. The fraction of sp³-hybridized carbons (Fsp3) is 0.286. The van der Waals surface area contributed by atoms with Crippen molar-refractivity contribution in [2.75, 3.05) is 0 Å². The van der Waals surface area contributed by atoms with Crippen LogP contribution in [-0.4, -0.2) is 12.1 Å². The van der Waals surface area contributed by atoms with Gasteiger partial charge >= 0.3 is 0 Å². The van der Waals surface area contributed by atoms with Gasteiger partial charge in [-0.25, -0.2) is 4.99 Å². The van der Waals surface area contributed by atoms with E-state index in [-0.39, 0.29) is 5.91 Å². The first-order chi connectivity index (χ1) is 4.74. The Morgan fingerprint density at radius 3 is 3.00 bits per heavy atom. The molecule has 0 aromatic heterocycles. The van der Waals surface area contributed by atoms with Gasteiger partial charge in [0.1, 0.15) is 5.92 Å². The summed E-state index contributed by atoms with van der Waals surface area (Å²) in [5, 5.41) is 8.39. The molecule has 0 aromatic carbocycles. The Morgan fingerprint density at radius 1 is 1.80 bits per heavy atom. The Labute approximate surface area is 58.7 Å². The van der Waals surface area contributed by atoms with Crippen molar-refractivity contribution in [1.29, 1.82) is 5.26 Å². The van der Waals surface area contributed by atoms with Gasteiger partial charge in [0.25, 0.3) is 5.91 Å². The fourth-order valence-electron chi connectivity index (χ4n) is 0.715. The minimum atomic E-state index is -0.662. The van der Waals surface area contributed by atoms with E-state index in [2.05, 4.69) is 4.99 Å². The summed E-state index contributed by atoms with van der Waals surface area (Å²) in [7, 11) is 0. The molecule has 0 radical (unpaired) electrons. The molecule has 1 unspecified atom stereocenters. The summed E-state index contributed by atoms with van der Waals surface area (Å²) >= 11 is 0. The number of carbonyl (C=O) groups is 1. The van der Waals surface area contributed by atoms with E-state index in [1.54, 1.807) is 13.0 Å². The summed E-state index contributed by atoms with van der Waals surface area (Å²) in [4.78, 5) is 14.2. The number of nitriles is 1. The van der Waals surface area contributed by atoms with Crippen LogP contribution in [0.4, 0.5) is 0 Å². The lowest BCUT2D eigenvalue weighted by Crippen LogP contribution is -2.11. The molecule has 0 saturated carbocycles. The Morgan fingerprint density at radius 2 is 2.50 bits per heavy atom. The van der Waals surface area contributed by atoms with Gasteiger partial charge in [0.05, 0.1) is 6.07 Å². The van der Waals surface area contributed by atoms with Gasteiger partial charge in [-0.3, -0.25) is 4.79 Å². The summed E-state index contributed by atoms with van der Waals surface area (Å²) in [6.45, 7) is 1.81. The smallest absolute Gasteiger partial charge is 0.266 e. The van der Waals surface area contributed by atoms with Crippen molar-refractivity contribution in [2.24, 2.45) is 10.9 Å². The molecule has 0 aliphatic carbocycles. The van der Waals surface area contributed by atoms with Crippen LogP contribution < -0.4 is 0 Å². The number of dihydropyridines is 1. The van der Waals surface area contributed by atoms with Crippen LogP contribution in [0.2, 0.25) is 0 Å². The fourth-order valence-corrected chi connectivity index (χ4v) is 0.715. The molecule has 0 bridgehead atoms. The lowest BCUT2D eigenvalue weighted by molar-refractivity contribution is -0.118. The molecule has 3 heteroatoms. The van der Waals surface area contributed by atoms with Gasteiger partial charge in [-0.1, -0.05) is 6.08 Å². The number of hydrogen-bond acceptors (Lipinski definition) is 2. The molecule has 1 atom stereocenters. The first-order valence-corrected chi connectivity index (χ1v) is 2.90. The number of amides is 1. The third-order valence-electron chi connectivity index (χ3n) is 1.23. The minimum Gasteiger partial charge on any atom is -0.271 e. The van der Waals surface area contributed by atoms with E-state index in [1.165, 1.54) is 6.21 Å². The number of aliphatic imine (C=N–C) groups is 1.